The smallest absolute Gasteiger partial charge is 0.242 e. The number of amides is 2. The summed E-state index contributed by atoms with van der Waals surface area (Å²) in [5.74, 6) is 0.836. The van der Waals surface area contributed by atoms with E-state index in [0.717, 1.165) is 18.5 Å². The molecular formula is C25H35N3O2. The van der Waals surface area contributed by atoms with Gasteiger partial charge in [-0.15, -0.1) is 0 Å². The second kappa shape index (κ2) is 9.96. The number of carbonyl (C=O) groups excluding carboxylic acids is 2. The fourth-order valence-electron chi connectivity index (χ4n) is 4.12. The Hall–Kier alpha value is -2.56. The van der Waals surface area contributed by atoms with Gasteiger partial charge in [-0.1, -0.05) is 51.1 Å². The van der Waals surface area contributed by atoms with Crippen LogP contribution in [-0.2, 0) is 23.2 Å². The molecule has 2 aromatic rings. The first kappa shape index (κ1) is 22.1. The Balaban J connectivity index is 1.66. The highest BCUT2D eigenvalue weighted by Crippen LogP contribution is 2.48. The predicted octanol–water partition coefficient (Wildman–Crippen LogP) is 4.05. The third-order valence-electron chi connectivity index (χ3n) is 5.81. The zero-order valence-electron chi connectivity index (χ0n) is 18.8. The molecule has 162 valence electrons. The lowest BCUT2D eigenvalue weighted by Crippen LogP contribution is -2.44. The van der Waals surface area contributed by atoms with Gasteiger partial charge < -0.3 is 14.4 Å². The van der Waals surface area contributed by atoms with Crippen molar-refractivity contribution in [3.63, 3.8) is 0 Å². The van der Waals surface area contributed by atoms with Crippen molar-refractivity contribution in [2.45, 2.75) is 46.1 Å². The highest BCUT2D eigenvalue weighted by molar-refractivity contribution is 5.88. The van der Waals surface area contributed by atoms with Crippen molar-refractivity contribution < 1.29 is 9.59 Å². The molecule has 1 aromatic heterocycles. The highest BCUT2D eigenvalue weighted by atomic mass is 16.2. The minimum Gasteiger partial charge on any atom is -0.353 e. The van der Waals surface area contributed by atoms with Gasteiger partial charge in [-0.3, -0.25) is 9.59 Å². The van der Waals surface area contributed by atoms with Gasteiger partial charge in [0.1, 0.15) is 0 Å². The van der Waals surface area contributed by atoms with E-state index >= 15 is 0 Å². The summed E-state index contributed by atoms with van der Waals surface area (Å²) >= 11 is 0. The zero-order valence-corrected chi connectivity index (χ0v) is 18.8. The average molecular weight is 410 g/mol. The van der Waals surface area contributed by atoms with Crippen molar-refractivity contribution in [1.82, 2.24) is 14.4 Å². The number of carbonyl (C=O) groups is 2. The van der Waals surface area contributed by atoms with Gasteiger partial charge in [0.15, 0.2) is 0 Å². The third kappa shape index (κ3) is 5.53. The molecule has 2 amide bonds. The van der Waals surface area contributed by atoms with E-state index in [1.54, 1.807) is 4.90 Å². The molecule has 0 N–H and O–H groups in total. The molecule has 30 heavy (non-hydrogen) atoms. The zero-order chi connectivity index (χ0) is 21.7. The van der Waals surface area contributed by atoms with Gasteiger partial charge in [0.25, 0.3) is 0 Å². The number of aryl methyl sites for hydroxylation is 1. The molecule has 5 nitrogen and oxygen atoms in total. The number of hydrogen-bond acceptors (Lipinski definition) is 2. The van der Waals surface area contributed by atoms with Crippen LogP contribution in [0.2, 0.25) is 0 Å². The molecule has 1 saturated carbocycles. The third-order valence-corrected chi connectivity index (χ3v) is 5.81. The van der Waals surface area contributed by atoms with E-state index in [0.29, 0.717) is 31.5 Å². The van der Waals surface area contributed by atoms with Crippen molar-refractivity contribution in [3.8, 4) is 0 Å². The number of benzene rings is 1. The van der Waals surface area contributed by atoms with Crippen LogP contribution >= 0.6 is 0 Å². The van der Waals surface area contributed by atoms with Crippen LogP contribution < -0.4 is 0 Å². The van der Waals surface area contributed by atoms with Crippen molar-refractivity contribution in [1.29, 1.82) is 0 Å². The van der Waals surface area contributed by atoms with E-state index in [9.17, 15) is 9.59 Å². The molecule has 0 unspecified atom stereocenters. The summed E-state index contributed by atoms with van der Waals surface area (Å²) in [6.45, 7) is 8.36. The molecule has 5 heteroatoms. The molecule has 1 fully saturated rings. The Morgan fingerprint density at radius 1 is 1.10 bits per heavy atom. The van der Waals surface area contributed by atoms with E-state index in [1.807, 2.05) is 53.0 Å². The minimum atomic E-state index is 0.0122. The molecule has 0 radical (unpaired) electrons. The maximum atomic E-state index is 13.2. The van der Waals surface area contributed by atoms with E-state index in [2.05, 4.69) is 32.9 Å². The first-order valence-corrected chi connectivity index (χ1v) is 11.1. The summed E-state index contributed by atoms with van der Waals surface area (Å²) in [7, 11) is 2.00. The Morgan fingerprint density at radius 2 is 1.83 bits per heavy atom. The standard InChI is InChI=1S/C25H35N3O2/c1-5-13-27(25(30)23-15-22(23)20-10-7-6-8-11-20)18-24(29)28(16-19(2)3)17-21-12-9-14-26(21)4/h6-12,14,19,22-23H,5,13,15-18H2,1-4H3/t22-,23+/m0/s1. The van der Waals surface area contributed by atoms with Gasteiger partial charge in [0, 0.05) is 37.9 Å². The van der Waals surface area contributed by atoms with Crippen LogP contribution in [0.5, 0.6) is 0 Å². The van der Waals surface area contributed by atoms with Crippen LogP contribution in [0.15, 0.2) is 48.7 Å². The summed E-state index contributed by atoms with van der Waals surface area (Å²) in [5, 5.41) is 0. The minimum absolute atomic E-state index is 0.0122. The molecule has 0 saturated heterocycles. The lowest BCUT2D eigenvalue weighted by molar-refractivity contribution is -0.142. The molecule has 1 aromatic carbocycles. The first-order valence-electron chi connectivity index (χ1n) is 11.1. The van der Waals surface area contributed by atoms with Crippen molar-refractivity contribution in [2.75, 3.05) is 19.6 Å². The second-order valence-electron chi connectivity index (χ2n) is 8.90. The lowest BCUT2D eigenvalue weighted by Gasteiger charge is -2.29. The molecule has 0 aliphatic heterocycles. The van der Waals surface area contributed by atoms with Crippen LogP contribution in [0, 0.1) is 11.8 Å². The number of nitrogens with zero attached hydrogens (tertiary/aromatic N) is 3. The van der Waals surface area contributed by atoms with Gasteiger partial charge in [0.2, 0.25) is 11.8 Å². The van der Waals surface area contributed by atoms with Crippen LogP contribution in [0.4, 0.5) is 0 Å². The summed E-state index contributed by atoms with van der Waals surface area (Å²) in [6, 6.07) is 14.3. The number of aromatic nitrogens is 1. The van der Waals surface area contributed by atoms with Gasteiger partial charge >= 0.3 is 0 Å². The SMILES string of the molecule is CCCN(CC(=O)N(Cc1cccn1C)CC(C)C)C(=O)[C@@H]1C[C@H]1c1ccccc1. The molecule has 1 heterocycles. The van der Waals surface area contributed by atoms with Crippen molar-refractivity contribution in [3.05, 3.63) is 59.9 Å². The maximum absolute atomic E-state index is 13.2. The van der Waals surface area contributed by atoms with E-state index < -0.39 is 0 Å². The quantitative estimate of drug-likeness (QED) is 0.594. The topological polar surface area (TPSA) is 45.6 Å². The second-order valence-corrected chi connectivity index (χ2v) is 8.90. The highest BCUT2D eigenvalue weighted by Gasteiger charge is 2.45. The van der Waals surface area contributed by atoms with E-state index in [-0.39, 0.29) is 24.3 Å². The molecule has 1 aliphatic rings. The Labute approximate surface area is 180 Å². The van der Waals surface area contributed by atoms with Crippen molar-refractivity contribution >= 4 is 11.8 Å². The molecule has 0 bridgehead atoms. The Kier molecular flexibility index (Phi) is 7.35. The lowest BCUT2D eigenvalue weighted by atomic mass is 10.1. The van der Waals surface area contributed by atoms with E-state index in [4.69, 9.17) is 0 Å². The predicted molar refractivity (Wildman–Crippen MR) is 120 cm³/mol. The summed E-state index contributed by atoms with van der Waals surface area (Å²) in [6.07, 6.45) is 3.73. The molecule has 2 atom stereocenters. The van der Waals surface area contributed by atoms with Gasteiger partial charge in [0.05, 0.1) is 13.1 Å². The van der Waals surface area contributed by atoms with Gasteiger partial charge in [-0.05, 0) is 42.4 Å². The van der Waals surface area contributed by atoms with Crippen LogP contribution in [0.3, 0.4) is 0 Å². The normalized spacial score (nSPS) is 17.8. The number of rotatable bonds is 10. The van der Waals surface area contributed by atoms with Gasteiger partial charge in [-0.25, -0.2) is 0 Å². The maximum Gasteiger partial charge on any atom is 0.242 e. The summed E-state index contributed by atoms with van der Waals surface area (Å²) < 4.78 is 2.05. The number of hydrogen-bond donors (Lipinski definition) is 0. The van der Waals surface area contributed by atoms with Crippen LogP contribution in [0.25, 0.3) is 0 Å². The van der Waals surface area contributed by atoms with Crippen molar-refractivity contribution in [2.24, 2.45) is 18.9 Å². The molecule has 0 spiro atoms. The Morgan fingerprint density at radius 3 is 2.43 bits per heavy atom. The summed E-state index contributed by atoms with van der Waals surface area (Å²) in [4.78, 5) is 30.1. The van der Waals surface area contributed by atoms with Crippen LogP contribution in [0.1, 0.15) is 50.8 Å². The first-order chi connectivity index (χ1) is 14.4. The summed E-state index contributed by atoms with van der Waals surface area (Å²) in [5.41, 5.74) is 2.33. The fourth-order valence-corrected chi connectivity index (χ4v) is 4.12. The Bertz CT molecular complexity index is 843. The average Bonchev–Trinajstić information content (AvgIpc) is 3.43. The molecule has 3 rings (SSSR count). The van der Waals surface area contributed by atoms with Crippen LogP contribution in [-0.4, -0.2) is 45.8 Å². The monoisotopic (exact) mass is 409 g/mol. The molecule has 1 aliphatic carbocycles. The fraction of sp³-hybridized carbons (Fsp3) is 0.520. The largest absolute Gasteiger partial charge is 0.353 e. The van der Waals surface area contributed by atoms with E-state index in [1.165, 1.54) is 5.56 Å². The van der Waals surface area contributed by atoms with Gasteiger partial charge in [-0.2, -0.15) is 0 Å². The molecular weight excluding hydrogens is 374 g/mol.